The van der Waals surface area contributed by atoms with E-state index in [0.29, 0.717) is 17.9 Å². The Balaban J connectivity index is 1.79. The first-order valence-corrected chi connectivity index (χ1v) is 9.71. The number of benzene rings is 1. The Bertz CT molecular complexity index is 764. The molecule has 0 spiro atoms. The van der Waals surface area contributed by atoms with Crippen molar-refractivity contribution in [2.75, 3.05) is 18.0 Å². The molecule has 0 atom stereocenters. The number of anilines is 1. The fourth-order valence-corrected chi connectivity index (χ4v) is 3.25. The van der Waals surface area contributed by atoms with Crippen LogP contribution in [0.5, 0.6) is 0 Å². The summed E-state index contributed by atoms with van der Waals surface area (Å²) in [5.41, 5.74) is 3.68. The quantitative estimate of drug-likeness (QED) is 0.523. The summed E-state index contributed by atoms with van der Waals surface area (Å²) in [6.45, 7) is 1.94. The number of piperidine rings is 1. The summed E-state index contributed by atoms with van der Waals surface area (Å²) in [5, 5.41) is 0. The van der Waals surface area contributed by atoms with Gasteiger partial charge in [-0.1, -0.05) is 18.2 Å². The molecule has 8 heteroatoms. The number of pyridine rings is 1. The molecule has 1 aliphatic rings. The summed E-state index contributed by atoms with van der Waals surface area (Å²) in [7, 11) is 0. The molecule has 142 valence electrons. The lowest BCUT2D eigenvalue weighted by Gasteiger charge is -2.32. The monoisotopic (exact) mass is 480 g/mol. The highest BCUT2D eigenvalue weighted by Crippen LogP contribution is 2.19. The SMILES string of the molecule is O=C(NOI)c1ccc(CN(C(=O)N2CCCCC2)c2ccccn2)cc1. The number of likely N-dealkylation sites (tertiary alicyclic amines) is 1. The number of nitrogens with one attached hydrogen (secondary N) is 1. The topological polar surface area (TPSA) is 74.8 Å². The molecular formula is C19H21IN4O3. The Morgan fingerprint density at radius 1 is 1.11 bits per heavy atom. The van der Waals surface area contributed by atoms with E-state index in [-0.39, 0.29) is 11.9 Å². The van der Waals surface area contributed by atoms with E-state index in [1.807, 2.05) is 35.2 Å². The molecule has 1 aromatic carbocycles. The summed E-state index contributed by atoms with van der Waals surface area (Å²) >= 11 is 1.60. The Kier molecular flexibility index (Phi) is 6.99. The summed E-state index contributed by atoms with van der Waals surface area (Å²) in [5.74, 6) is 0.301. The van der Waals surface area contributed by atoms with Crippen LogP contribution in [-0.4, -0.2) is 34.9 Å². The lowest BCUT2D eigenvalue weighted by molar-refractivity contribution is 0.0829. The molecule has 1 fully saturated rings. The smallest absolute Gasteiger partial charge is 0.324 e. The average Bonchev–Trinajstić information content (AvgIpc) is 2.73. The zero-order chi connectivity index (χ0) is 19.1. The van der Waals surface area contributed by atoms with Gasteiger partial charge in [0.05, 0.1) is 6.54 Å². The number of hydrogen-bond acceptors (Lipinski definition) is 4. The molecule has 1 aliphatic heterocycles. The minimum absolute atomic E-state index is 0.0338. The van der Waals surface area contributed by atoms with Gasteiger partial charge in [0.1, 0.15) is 28.8 Å². The highest BCUT2D eigenvalue weighted by Gasteiger charge is 2.24. The highest BCUT2D eigenvalue weighted by molar-refractivity contribution is 14.1. The Labute approximate surface area is 172 Å². The molecule has 0 unspecified atom stereocenters. The van der Waals surface area contributed by atoms with Crippen molar-refractivity contribution < 1.29 is 12.8 Å². The molecule has 0 aliphatic carbocycles. The van der Waals surface area contributed by atoms with Crippen LogP contribution in [-0.2, 0) is 9.71 Å². The molecule has 3 amide bonds. The van der Waals surface area contributed by atoms with Gasteiger partial charge in [0.25, 0.3) is 5.91 Å². The maximum absolute atomic E-state index is 13.1. The summed E-state index contributed by atoms with van der Waals surface area (Å²) < 4.78 is 4.61. The number of urea groups is 1. The van der Waals surface area contributed by atoms with E-state index >= 15 is 0 Å². The molecule has 27 heavy (non-hydrogen) atoms. The van der Waals surface area contributed by atoms with E-state index in [4.69, 9.17) is 0 Å². The van der Waals surface area contributed by atoms with Crippen LogP contribution in [0, 0.1) is 0 Å². The van der Waals surface area contributed by atoms with Crippen LogP contribution in [0.3, 0.4) is 0 Å². The predicted octanol–water partition coefficient (Wildman–Crippen LogP) is 3.71. The van der Waals surface area contributed by atoms with Crippen LogP contribution in [0.4, 0.5) is 10.6 Å². The van der Waals surface area contributed by atoms with Gasteiger partial charge >= 0.3 is 6.03 Å². The molecule has 0 radical (unpaired) electrons. The first-order valence-electron chi connectivity index (χ1n) is 8.83. The van der Waals surface area contributed by atoms with Gasteiger partial charge < -0.3 is 4.90 Å². The van der Waals surface area contributed by atoms with Crippen LogP contribution in [0.2, 0.25) is 0 Å². The van der Waals surface area contributed by atoms with Crippen LogP contribution in [0.25, 0.3) is 0 Å². The highest BCUT2D eigenvalue weighted by atomic mass is 127. The predicted molar refractivity (Wildman–Crippen MR) is 110 cm³/mol. The van der Waals surface area contributed by atoms with E-state index in [1.54, 1.807) is 46.2 Å². The van der Waals surface area contributed by atoms with E-state index in [2.05, 4.69) is 13.6 Å². The van der Waals surface area contributed by atoms with Crippen molar-refractivity contribution in [1.29, 1.82) is 0 Å². The van der Waals surface area contributed by atoms with Crippen molar-refractivity contribution in [1.82, 2.24) is 15.4 Å². The van der Waals surface area contributed by atoms with Crippen molar-refractivity contribution in [2.24, 2.45) is 0 Å². The van der Waals surface area contributed by atoms with Crippen molar-refractivity contribution in [3.05, 3.63) is 59.8 Å². The number of carbonyl (C=O) groups excluding carboxylic acids is 2. The van der Waals surface area contributed by atoms with Gasteiger partial charge in [-0.3, -0.25) is 9.69 Å². The van der Waals surface area contributed by atoms with E-state index < -0.39 is 0 Å². The molecular weight excluding hydrogens is 459 g/mol. The minimum atomic E-state index is -0.318. The third-order valence-electron chi connectivity index (χ3n) is 4.47. The molecule has 1 N–H and O–H groups in total. The van der Waals surface area contributed by atoms with Gasteiger partial charge in [0.15, 0.2) is 0 Å². The average molecular weight is 480 g/mol. The number of rotatable bonds is 5. The molecule has 1 aromatic heterocycles. The Morgan fingerprint density at radius 3 is 2.48 bits per heavy atom. The van der Waals surface area contributed by atoms with Crippen molar-refractivity contribution >= 4 is 40.8 Å². The first kappa shape index (κ1) is 19.6. The third-order valence-corrected chi connectivity index (χ3v) is 4.69. The number of amides is 3. The van der Waals surface area contributed by atoms with Gasteiger partial charge in [-0.05, 0) is 49.1 Å². The molecule has 1 saturated heterocycles. The fraction of sp³-hybridized carbons (Fsp3) is 0.316. The molecule has 7 nitrogen and oxygen atoms in total. The van der Waals surface area contributed by atoms with E-state index in [1.165, 1.54) is 0 Å². The second kappa shape index (κ2) is 9.65. The molecule has 0 bridgehead atoms. The number of carbonyl (C=O) groups is 2. The second-order valence-corrected chi connectivity index (χ2v) is 6.75. The lowest BCUT2D eigenvalue weighted by atomic mass is 10.1. The largest absolute Gasteiger partial charge is 0.325 e. The molecule has 3 rings (SSSR count). The Hall–Kier alpha value is -2.20. The van der Waals surface area contributed by atoms with Crippen LogP contribution >= 0.6 is 23.0 Å². The maximum Gasteiger partial charge on any atom is 0.325 e. The number of halogens is 1. The molecule has 2 heterocycles. The lowest BCUT2D eigenvalue weighted by Crippen LogP contribution is -2.45. The van der Waals surface area contributed by atoms with E-state index in [0.717, 1.165) is 37.9 Å². The van der Waals surface area contributed by atoms with Gasteiger partial charge in [-0.25, -0.2) is 18.4 Å². The van der Waals surface area contributed by atoms with Crippen molar-refractivity contribution in [2.45, 2.75) is 25.8 Å². The Morgan fingerprint density at radius 2 is 1.85 bits per heavy atom. The van der Waals surface area contributed by atoms with Gasteiger partial charge in [0.2, 0.25) is 0 Å². The van der Waals surface area contributed by atoms with Gasteiger partial charge in [0, 0.05) is 24.8 Å². The number of hydrogen-bond donors (Lipinski definition) is 1. The fourth-order valence-electron chi connectivity index (χ4n) is 3.05. The zero-order valence-corrected chi connectivity index (χ0v) is 17.0. The maximum atomic E-state index is 13.1. The second-order valence-electron chi connectivity index (χ2n) is 6.31. The third kappa shape index (κ3) is 5.16. The minimum Gasteiger partial charge on any atom is -0.324 e. The summed E-state index contributed by atoms with van der Waals surface area (Å²) in [6.07, 6.45) is 4.91. The number of nitrogens with zero attached hydrogens (tertiary/aromatic N) is 3. The van der Waals surface area contributed by atoms with Gasteiger partial charge in [-0.15, -0.1) is 0 Å². The number of aromatic nitrogens is 1. The van der Waals surface area contributed by atoms with Crippen LogP contribution in [0.15, 0.2) is 48.7 Å². The van der Waals surface area contributed by atoms with Gasteiger partial charge in [-0.2, -0.15) is 0 Å². The van der Waals surface area contributed by atoms with Crippen LogP contribution in [0.1, 0.15) is 35.2 Å². The molecule has 0 saturated carbocycles. The van der Waals surface area contributed by atoms with Crippen molar-refractivity contribution in [3.63, 3.8) is 0 Å². The summed E-state index contributed by atoms with van der Waals surface area (Å²) in [4.78, 5) is 32.8. The first-order chi connectivity index (χ1) is 13.2. The normalized spacial score (nSPS) is 13.9. The molecule has 2 aromatic rings. The van der Waals surface area contributed by atoms with E-state index in [9.17, 15) is 9.59 Å². The van der Waals surface area contributed by atoms with Crippen molar-refractivity contribution in [3.8, 4) is 0 Å². The summed E-state index contributed by atoms with van der Waals surface area (Å²) in [6, 6.07) is 12.6. The zero-order valence-electron chi connectivity index (χ0n) is 14.8. The van der Waals surface area contributed by atoms with Crippen LogP contribution < -0.4 is 10.4 Å². The number of hydroxylamine groups is 1. The standard InChI is InChI=1S/C19H21IN4O3/c20-27-22-18(25)16-9-7-15(8-10-16)14-24(17-6-2-3-11-21-17)19(26)23-12-4-1-5-13-23/h2-3,6-11H,1,4-5,12-14H2,(H,22,25).